The van der Waals surface area contributed by atoms with Gasteiger partial charge >= 0.3 is 0 Å². The van der Waals surface area contributed by atoms with Crippen molar-refractivity contribution < 1.29 is 0 Å². The molecular weight excluding hydrogens is 653 g/mol. The van der Waals surface area contributed by atoms with E-state index in [2.05, 4.69) is 168 Å². The fourth-order valence-electron chi connectivity index (χ4n) is 8.38. The molecule has 6 aromatic carbocycles. The second-order valence-electron chi connectivity index (χ2n) is 13.4. The van der Waals surface area contributed by atoms with Gasteiger partial charge in [0, 0.05) is 48.0 Å². The van der Waals surface area contributed by atoms with E-state index >= 15 is 0 Å². The summed E-state index contributed by atoms with van der Waals surface area (Å²) in [6.45, 7) is 6.47. The van der Waals surface area contributed by atoms with Crippen LogP contribution in [0.3, 0.4) is 0 Å². The molecule has 5 aromatic heterocycles. The third-order valence-corrected chi connectivity index (χ3v) is 11.8. The molecule has 244 valence electrons. The lowest BCUT2D eigenvalue weighted by atomic mass is 10.0. The van der Waals surface area contributed by atoms with Gasteiger partial charge in [0.25, 0.3) is 0 Å². The van der Waals surface area contributed by atoms with Gasteiger partial charge in [-0.1, -0.05) is 128 Å². The maximum atomic E-state index is 5.50. The fraction of sp³-hybridized carbons (Fsp3) is 0.0213. The molecule has 52 heavy (non-hydrogen) atoms. The smallest absolute Gasteiger partial charge is 0.236 e. The minimum Gasteiger partial charge on any atom is -0.308 e. The zero-order valence-electron chi connectivity index (χ0n) is 28.3. The quantitative estimate of drug-likeness (QED) is 0.169. The zero-order valence-corrected chi connectivity index (χ0v) is 29.2. The molecule has 0 spiro atoms. The Balaban J connectivity index is 1.31. The first-order valence-corrected chi connectivity index (χ1v) is 18.4. The van der Waals surface area contributed by atoms with Crippen LogP contribution in [-0.2, 0) is 0 Å². The van der Waals surface area contributed by atoms with E-state index in [1.165, 1.54) is 53.6 Å². The van der Waals surface area contributed by atoms with E-state index in [-0.39, 0.29) is 0 Å². The highest BCUT2D eigenvalue weighted by Crippen LogP contribution is 2.47. The first-order chi connectivity index (χ1) is 25.7. The van der Waals surface area contributed by atoms with Gasteiger partial charge in [-0.05, 0) is 54.0 Å². The number of nitrogens with zero attached hydrogens (tertiary/aromatic N) is 4. The van der Waals surface area contributed by atoms with E-state index in [1.54, 1.807) is 11.3 Å². The lowest BCUT2D eigenvalue weighted by Gasteiger charge is -2.11. The molecule has 0 aliphatic carbocycles. The normalized spacial score (nSPS) is 12.5. The molecule has 0 saturated carbocycles. The number of aryl methyl sites for hydroxylation is 1. The van der Waals surface area contributed by atoms with Crippen LogP contribution < -0.4 is 0 Å². The predicted molar refractivity (Wildman–Crippen MR) is 221 cm³/mol. The second-order valence-corrected chi connectivity index (χ2v) is 14.5. The van der Waals surface area contributed by atoms with Crippen LogP contribution in [0.2, 0.25) is 0 Å². The van der Waals surface area contributed by atoms with Crippen LogP contribution in [0.1, 0.15) is 16.8 Å². The Labute approximate surface area is 303 Å². The summed E-state index contributed by atoms with van der Waals surface area (Å²) in [6, 6.07) is 49.5. The van der Waals surface area contributed by atoms with Crippen molar-refractivity contribution in [2.45, 2.75) is 6.92 Å². The molecule has 0 bridgehead atoms. The van der Waals surface area contributed by atoms with Crippen LogP contribution in [0.5, 0.6) is 0 Å². The van der Waals surface area contributed by atoms with Crippen LogP contribution in [-0.4, -0.2) is 18.9 Å². The third-order valence-electron chi connectivity index (χ3n) is 10.7. The summed E-state index contributed by atoms with van der Waals surface area (Å²) in [6.07, 6.45) is 4.26. The standard InChI is InChI=1S/C47H30N4S/c1-3-29(30-16-6-4-7-17-30)26-39-28(2)35-27-36-32-20-10-13-23-37(32)51(45(36)42-33-21-11-14-24-38(33)50(39)44(35)42)47-48-43(31-18-8-5-9-19-31)41-34-22-12-15-25-40(34)52-46(41)49-47/h3-27H,1H2,2H3/b29-26+. The molecule has 11 aromatic rings. The van der Waals surface area contributed by atoms with Crippen molar-refractivity contribution in [2.24, 2.45) is 0 Å². The van der Waals surface area contributed by atoms with Gasteiger partial charge in [-0.2, -0.15) is 0 Å². The van der Waals surface area contributed by atoms with Gasteiger partial charge in [0.15, 0.2) is 0 Å². The van der Waals surface area contributed by atoms with Crippen LogP contribution in [0.4, 0.5) is 0 Å². The molecule has 5 heterocycles. The average Bonchev–Trinajstić information content (AvgIpc) is 3.92. The molecule has 0 N–H and O–H groups in total. The largest absolute Gasteiger partial charge is 0.308 e. The number of hydrogen-bond donors (Lipinski definition) is 0. The number of para-hydroxylation sites is 2. The molecule has 0 amide bonds. The minimum absolute atomic E-state index is 0.678. The number of benzene rings is 6. The number of fused-ring (bicyclic) bond motifs is 10. The number of allylic oxidation sites excluding steroid dienone is 2. The molecule has 5 heteroatoms. The van der Waals surface area contributed by atoms with Crippen molar-refractivity contribution in [3.8, 4) is 17.2 Å². The van der Waals surface area contributed by atoms with Gasteiger partial charge < -0.3 is 4.40 Å². The Bertz CT molecular complexity index is 3250. The molecule has 0 aliphatic rings. The lowest BCUT2D eigenvalue weighted by molar-refractivity contribution is 1.02. The van der Waals surface area contributed by atoms with E-state index in [1.807, 2.05) is 6.08 Å². The molecule has 0 unspecified atom stereocenters. The average molecular weight is 683 g/mol. The summed E-state index contributed by atoms with van der Waals surface area (Å²) in [4.78, 5) is 11.9. The molecular formula is C47H30N4S. The zero-order chi connectivity index (χ0) is 34.5. The van der Waals surface area contributed by atoms with Gasteiger partial charge in [0.05, 0.1) is 33.5 Å². The first kappa shape index (κ1) is 29.2. The monoisotopic (exact) mass is 682 g/mol. The topological polar surface area (TPSA) is 35.1 Å². The summed E-state index contributed by atoms with van der Waals surface area (Å²) in [5.41, 5.74) is 11.3. The molecule has 0 fully saturated rings. The van der Waals surface area contributed by atoms with E-state index in [9.17, 15) is 0 Å². The Morgan fingerprint density at radius 1 is 0.635 bits per heavy atom. The number of hydrogen-bond acceptors (Lipinski definition) is 3. The Morgan fingerprint density at radius 3 is 2.10 bits per heavy atom. The molecule has 0 aliphatic heterocycles. The van der Waals surface area contributed by atoms with Gasteiger partial charge in [-0.15, -0.1) is 11.3 Å². The Hall–Kier alpha value is -6.56. The van der Waals surface area contributed by atoms with Crippen molar-refractivity contribution >= 4 is 92.3 Å². The molecule has 0 atom stereocenters. The number of aromatic nitrogens is 4. The van der Waals surface area contributed by atoms with E-state index in [4.69, 9.17) is 9.97 Å². The van der Waals surface area contributed by atoms with Gasteiger partial charge in [0.1, 0.15) is 4.83 Å². The first-order valence-electron chi connectivity index (χ1n) is 17.5. The SMILES string of the molecule is C=C/C(=C\c1c(C)c2cc3c4ccccc4n(-c4nc(-c5ccccc5)c5c(n4)sc4ccccc45)c3c3c4ccccc4n1c23)c1ccccc1. The van der Waals surface area contributed by atoms with Gasteiger partial charge in [0.2, 0.25) is 5.95 Å². The van der Waals surface area contributed by atoms with E-state index < -0.39 is 0 Å². The van der Waals surface area contributed by atoms with E-state index in [0.29, 0.717) is 5.95 Å². The van der Waals surface area contributed by atoms with Gasteiger partial charge in [-0.3, -0.25) is 4.57 Å². The van der Waals surface area contributed by atoms with Crippen LogP contribution in [0.25, 0.3) is 98.2 Å². The highest BCUT2D eigenvalue weighted by molar-refractivity contribution is 7.25. The summed E-state index contributed by atoms with van der Waals surface area (Å²) in [5.74, 6) is 0.678. The summed E-state index contributed by atoms with van der Waals surface area (Å²) in [5, 5.41) is 8.33. The highest BCUT2D eigenvalue weighted by Gasteiger charge is 2.27. The Morgan fingerprint density at radius 2 is 1.31 bits per heavy atom. The molecule has 4 nitrogen and oxygen atoms in total. The lowest BCUT2D eigenvalue weighted by Crippen LogP contribution is -2.03. The van der Waals surface area contributed by atoms with Crippen molar-refractivity contribution in [1.29, 1.82) is 0 Å². The van der Waals surface area contributed by atoms with Crippen molar-refractivity contribution in [3.05, 3.63) is 169 Å². The fourth-order valence-corrected chi connectivity index (χ4v) is 9.45. The van der Waals surface area contributed by atoms with Crippen molar-refractivity contribution in [1.82, 2.24) is 18.9 Å². The van der Waals surface area contributed by atoms with Crippen LogP contribution in [0.15, 0.2) is 152 Å². The van der Waals surface area contributed by atoms with Gasteiger partial charge in [-0.25, -0.2) is 9.97 Å². The summed E-state index contributed by atoms with van der Waals surface area (Å²) in [7, 11) is 0. The molecule has 0 radical (unpaired) electrons. The molecule has 0 saturated heterocycles. The predicted octanol–water partition coefficient (Wildman–Crippen LogP) is 12.6. The number of rotatable bonds is 5. The van der Waals surface area contributed by atoms with Crippen molar-refractivity contribution in [2.75, 3.05) is 0 Å². The van der Waals surface area contributed by atoms with Crippen LogP contribution in [0, 0.1) is 6.92 Å². The third kappa shape index (κ3) is 3.97. The van der Waals surface area contributed by atoms with E-state index in [0.717, 1.165) is 49.3 Å². The Kier molecular flexibility index (Phi) is 6.16. The minimum atomic E-state index is 0.678. The summed E-state index contributed by atoms with van der Waals surface area (Å²) < 4.78 is 5.98. The maximum absolute atomic E-state index is 5.50. The second kappa shape index (κ2) is 11.0. The van der Waals surface area contributed by atoms with Crippen molar-refractivity contribution in [3.63, 3.8) is 0 Å². The maximum Gasteiger partial charge on any atom is 0.236 e. The van der Waals surface area contributed by atoms with Crippen LogP contribution >= 0.6 is 11.3 Å². The highest BCUT2D eigenvalue weighted by atomic mass is 32.1. The number of thiophene rings is 1. The molecule has 11 rings (SSSR count). The summed E-state index contributed by atoms with van der Waals surface area (Å²) >= 11 is 1.73.